The summed E-state index contributed by atoms with van der Waals surface area (Å²) in [5.41, 5.74) is 3.57. The van der Waals surface area contributed by atoms with E-state index in [0.29, 0.717) is 36.8 Å². The summed E-state index contributed by atoms with van der Waals surface area (Å²) in [6.07, 6.45) is 3.54. The minimum absolute atomic E-state index is 0.0368. The van der Waals surface area contributed by atoms with Crippen LogP contribution in [0.15, 0.2) is 42.5 Å². The van der Waals surface area contributed by atoms with Gasteiger partial charge in [-0.3, -0.25) is 9.59 Å². The molecule has 0 spiro atoms. The second kappa shape index (κ2) is 7.98. The number of aromatic nitrogens is 2. The van der Waals surface area contributed by atoms with Crippen LogP contribution < -0.4 is 15.4 Å². The fourth-order valence-electron chi connectivity index (χ4n) is 3.76. The summed E-state index contributed by atoms with van der Waals surface area (Å²) in [5, 5.41) is 6.68. The van der Waals surface area contributed by atoms with Crippen LogP contribution >= 0.6 is 0 Å². The summed E-state index contributed by atoms with van der Waals surface area (Å²) in [6, 6.07) is 13.2. The Morgan fingerprint density at radius 1 is 1.19 bits per heavy atom. The molecule has 7 nitrogen and oxygen atoms in total. The van der Waals surface area contributed by atoms with Crippen molar-refractivity contribution in [2.24, 2.45) is 5.92 Å². The van der Waals surface area contributed by atoms with Gasteiger partial charge in [-0.05, 0) is 61.4 Å². The van der Waals surface area contributed by atoms with Gasteiger partial charge in [-0.1, -0.05) is 24.3 Å². The monoisotopic (exact) mass is 416 g/mol. The highest BCUT2D eigenvalue weighted by atomic mass is 16.5. The molecule has 158 valence electrons. The number of carbonyl (C=O) groups excluding carboxylic acids is 2. The molecular formula is C24H24N4O3. The third-order valence-electron chi connectivity index (χ3n) is 5.80. The highest BCUT2D eigenvalue weighted by molar-refractivity contribution is 5.95. The molecule has 7 heteroatoms. The van der Waals surface area contributed by atoms with Gasteiger partial charge in [-0.25, -0.2) is 4.98 Å². The summed E-state index contributed by atoms with van der Waals surface area (Å²) >= 11 is 0. The highest BCUT2D eigenvalue weighted by Crippen LogP contribution is 2.31. The van der Waals surface area contributed by atoms with E-state index >= 15 is 0 Å². The van der Waals surface area contributed by atoms with Crippen LogP contribution in [0.25, 0.3) is 10.9 Å². The molecule has 2 aliphatic rings. The predicted octanol–water partition coefficient (Wildman–Crippen LogP) is 3.79. The minimum Gasteiger partial charge on any atom is -0.477 e. The van der Waals surface area contributed by atoms with Gasteiger partial charge in [-0.2, -0.15) is 4.98 Å². The van der Waals surface area contributed by atoms with E-state index in [1.54, 1.807) is 0 Å². The molecule has 2 N–H and O–H groups in total. The Morgan fingerprint density at radius 2 is 2.03 bits per heavy atom. The maximum Gasteiger partial charge on any atom is 0.289 e. The fraction of sp³-hybridized carbons (Fsp3) is 0.333. The highest BCUT2D eigenvalue weighted by Gasteiger charge is 2.24. The Morgan fingerprint density at radius 3 is 2.87 bits per heavy atom. The summed E-state index contributed by atoms with van der Waals surface area (Å²) in [6.45, 7) is 2.54. The van der Waals surface area contributed by atoms with Gasteiger partial charge in [-0.15, -0.1) is 0 Å². The zero-order valence-corrected chi connectivity index (χ0v) is 17.4. The van der Waals surface area contributed by atoms with E-state index in [1.165, 1.54) is 12.8 Å². The molecule has 2 aromatic carbocycles. The maximum absolute atomic E-state index is 13.0. The van der Waals surface area contributed by atoms with Crippen molar-refractivity contribution in [1.82, 2.24) is 15.3 Å². The smallest absolute Gasteiger partial charge is 0.289 e. The molecule has 0 saturated heterocycles. The van der Waals surface area contributed by atoms with Crippen molar-refractivity contribution in [3.63, 3.8) is 0 Å². The van der Waals surface area contributed by atoms with E-state index in [-0.39, 0.29) is 23.7 Å². The molecule has 0 unspecified atom stereocenters. The Balaban J connectivity index is 1.36. The lowest BCUT2D eigenvalue weighted by atomic mass is 9.98. The summed E-state index contributed by atoms with van der Waals surface area (Å²) in [4.78, 5) is 33.4. The van der Waals surface area contributed by atoms with Crippen molar-refractivity contribution >= 4 is 28.4 Å². The van der Waals surface area contributed by atoms with Gasteiger partial charge in [0.15, 0.2) is 0 Å². The number of nitrogens with one attached hydrogen (secondary N) is 2. The Labute approximate surface area is 180 Å². The van der Waals surface area contributed by atoms with Crippen LogP contribution in [0, 0.1) is 5.92 Å². The maximum atomic E-state index is 13.0. The van der Waals surface area contributed by atoms with Crippen molar-refractivity contribution in [3.8, 4) is 5.88 Å². The lowest BCUT2D eigenvalue weighted by Crippen LogP contribution is -2.29. The second-order valence-corrected chi connectivity index (χ2v) is 8.28. The van der Waals surface area contributed by atoms with Crippen LogP contribution in [0.4, 0.5) is 5.69 Å². The molecule has 1 aromatic heterocycles. The zero-order chi connectivity index (χ0) is 21.4. The van der Waals surface area contributed by atoms with E-state index in [2.05, 4.69) is 20.6 Å². The molecular weight excluding hydrogens is 392 g/mol. The molecule has 1 saturated carbocycles. The Kier molecular flexibility index (Phi) is 5.02. The van der Waals surface area contributed by atoms with Crippen LogP contribution in [0.1, 0.15) is 54.0 Å². The quantitative estimate of drug-likeness (QED) is 0.638. The van der Waals surface area contributed by atoms with Crippen LogP contribution in [0.3, 0.4) is 0 Å². The lowest BCUT2D eigenvalue weighted by Gasteiger charge is -2.20. The molecule has 1 aliphatic carbocycles. The van der Waals surface area contributed by atoms with Gasteiger partial charge in [0.1, 0.15) is 0 Å². The van der Waals surface area contributed by atoms with Crippen molar-refractivity contribution in [2.45, 2.75) is 38.6 Å². The lowest BCUT2D eigenvalue weighted by molar-refractivity contribution is -0.116. The summed E-state index contributed by atoms with van der Waals surface area (Å²) in [5.74, 6) is 0.830. The number of anilines is 1. The van der Waals surface area contributed by atoms with Crippen LogP contribution in [0.5, 0.6) is 5.88 Å². The largest absolute Gasteiger partial charge is 0.477 e. The predicted molar refractivity (Wildman–Crippen MR) is 117 cm³/mol. The topological polar surface area (TPSA) is 93.2 Å². The van der Waals surface area contributed by atoms with Gasteiger partial charge in [0.25, 0.3) is 5.91 Å². The molecule has 1 fully saturated rings. The van der Waals surface area contributed by atoms with E-state index in [0.717, 1.165) is 22.2 Å². The Hall–Kier alpha value is -3.48. The molecule has 0 radical (unpaired) electrons. The number of hydrogen-bond acceptors (Lipinski definition) is 5. The van der Waals surface area contributed by atoms with Gasteiger partial charge in [0.05, 0.1) is 23.6 Å². The number of fused-ring (bicyclic) bond motifs is 2. The van der Waals surface area contributed by atoms with Crippen LogP contribution in [-0.4, -0.2) is 28.4 Å². The normalized spacial score (nSPS) is 16.4. The molecule has 5 rings (SSSR count). The van der Waals surface area contributed by atoms with Gasteiger partial charge >= 0.3 is 0 Å². The Bertz CT molecular complexity index is 1170. The van der Waals surface area contributed by atoms with Gasteiger partial charge < -0.3 is 15.4 Å². The van der Waals surface area contributed by atoms with Crippen LogP contribution in [0.2, 0.25) is 0 Å². The third kappa shape index (κ3) is 4.21. The number of amides is 2. The molecule has 2 heterocycles. The van der Waals surface area contributed by atoms with Crippen molar-refractivity contribution in [3.05, 3.63) is 59.4 Å². The zero-order valence-electron chi connectivity index (χ0n) is 17.4. The average Bonchev–Trinajstić information content (AvgIpc) is 3.61. The SMILES string of the molecule is C[C@@H](NC(=O)c1nc(OCC2CC2)c2ccccc2n1)c1ccc2c(c1)CCC(=O)N2. The molecule has 0 bridgehead atoms. The van der Waals surface area contributed by atoms with E-state index in [1.807, 2.05) is 49.4 Å². The molecule has 1 aliphatic heterocycles. The standard InChI is InChI=1S/C24H24N4O3/c1-14(16-8-10-19-17(12-16)9-11-21(29)26-19)25-23(30)22-27-20-5-3-2-4-18(20)24(28-22)31-13-15-6-7-15/h2-5,8,10,12,14-15H,6-7,9,11,13H2,1H3,(H,25,30)(H,26,29)/t14-/m1/s1. The van der Waals surface area contributed by atoms with Crippen molar-refractivity contribution in [2.75, 3.05) is 11.9 Å². The number of rotatable bonds is 6. The number of aryl methyl sites for hydroxylation is 1. The molecule has 2 amide bonds. The first kappa shape index (κ1) is 19.5. The number of carbonyl (C=O) groups is 2. The van der Waals surface area contributed by atoms with Crippen molar-refractivity contribution < 1.29 is 14.3 Å². The number of ether oxygens (including phenoxy) is 1. The average molecular weight is 416 g/mol. The van der Waals surface area contributed by atoms with Crippen molar-refractivity contribution in [1.29, 1.82) is 0 Å². The van der Waals surface area contributed by atoms with Crippen LogP contribution in [-0.2, 0) is 11.2 Å². The molecule has 31 heavy (non-hydrogen) atoms. The third-order valence-corrected chi connectivity index (χ3v) is 5.80. The second-order valence-electron chi connectivity index (χ2n) is 8.28. The summed E-state index contributed by atoms with van der Waals surface area (Å²) in [7, 11) is 0. The first-order valence-corrected chi connectivity index (χ1v) is 10.7. The number of nitrogens with zero attached hydrogens (tertiary/aromatic N) is 2. The summed E-state index contributed by atoms with van der Waals surface area (Å²) < 4.78 is 5.93. The van der Waals surface area contributed by atoms with E-state index in [9.17, 15) is 9.59 Å². The number of benzene rings is 2. The van der Waals surface area contributed by atoms with Gasteiger partial charge in [0.2, 0.25) is 17.6 Å². The van der Waals surface area contributed by atoms with E-state index < -0.39 is 0 Å². The van der Waals surface area contributed by atoms with E-state index in [4.69, 9.17) is 4.74 Å². The molecule has 1 atom stereocenters. The van der Waals surface area contributed by atoms with Gasteiger partial charge in [0, 0.05) is 12.1 Å². The number of para-hydroxylation sites is 1. The number of hydrogen-bond donors (Lipinski definition) is 2. The first-order valence-electron chi connectivity index (χ1n) is 10.7. The fourth-order valence-corrected chi connectivity index (χ4v) is 3.76. The first-order chi connectivity index (χ1) is 15.1. The molecule has 3 aromatic rings. The minimum atomic E-state index is -0.347.